The van der Waals surface area contributed by atoms with Crippen LogP contribution >= 0.6 is 0 Å². The fourth-order valence-corrected chi connectivity index (χ4v) is 3.48. The van der Waals surface area contributed by atoms with Crippen LogP contribution in [-0.4, -0.2) is 61.6 Å². The molecule has 10 heteroatoms. The van der Waals surface area contributed by atoms with Gasteiger partial charge >= 0.3 is 11.9 Å². The van der Waals surface area contributed by atoms with E-state index in [1.807, 2.05) is 13.8 Å². The standard InChI is InChI=1S/C20H38O7S.C2H7NO/c1-5-9-11-16(7-3)14-26-19(21)13-18(28(23,24)25)20(22)27-15-17(8-4)12-10-6-2;3-1-2-4/h16-18H,5-15H2,1-4H3,(H,23,24,25);4H,1-3H2. The van der Waals surface area contributed by atoms with E-state index in [9.17, 15) is 22.6 Å². The minimum absolute atomic E-state index is 0.0747. The number of ether oxygens (including phenoxy) is 2. The van der Waals surface area contributed by atoms with Crippen molar-refractivity contribution >= 4 is 22.1 Å². The van der Waals surface area contributed by atoms with Crippen molar-refractivity contribution in [2.24, 2.45) is 17.6 Å². The summed E-state index contributed by atoms with van der Waals surface area (Å²) >= 11 is 0. The van der Waals surface area contributed by atoms with Gasteiger partial charge in [-0.1, -0.05) is 66.2 Å². The van der Waals surface area contributed by atoms with Gasteiger partial charge in [-0.15, -0.1) is 0 Å². The normalized spacial score (nSPS) is 14.0. The molecule has 0 aliphatic carbocycles. The van der Waals surface area contributed by atoms with E-state index in [0.717, 1.165) is 51.4 Å². The summed E-state index contributed by atoms with van der Waals surface area (Å²) in [4.78, 5) is 24.2. The minimum Gasteiger partial charge on any atom is -0.465 e. The monoisotopic (exact) mass is 483 g/mol. The van der Waals surface area contributed by atoms with Gasteiger partial charge in [-0.2, -0.15) is 8.42 Å². The van der Waals surface area contributed by atoms with Crippen molar-refractivity contribution in [1.82, 2.24) is 0 Å². The number of rotatable bonds is 17. The Hall–Kier alpha value is -1.23. The van der Waals surface area contributed by atoms with E-state index in [-0.39, 0.29) is 31.7 Å². The number of nitrogens with two attached hydrogens (primary N) is 1. The maximum Gasteiger partial charge on any atom is 0.327 e. The third kappa shape index (κ3) is 17.3. The topological polar surface area (TPSA) is 153 Å². The lowest BCUT2D eigenvalue weighted by molar-refractivity contribution is -0.151. The molecule has 0 aliphatic heterocycles. The second-order valence-electron chi connectivity index (χ2n) is 7.87. The summed E-state index contributed by atoms with van der Waals surface area (Å²) in [5.74, 6) is -1.61. The lowest BCUT2D eigenvalue weighted by Gasteiger charge is -2.18. The highest BCUT2D eigenvalue weighted by molar-refractivity contribution is 7.87. The molecule has 32 heavy (non-hydrogen) atoms. The number of hydrogen-bond acceptors (Lipinski definition) is 8. The molecule has 0 radical (unpaired) electrons. The highest BCUT2D eigenvalue weighted by Gasteiger charge is 2.36. The molecule has 0 aliphatic rings. The van der Waals surface area contributed by atoms with Gasteiger partial charge in [0.1, 0.15) is 0 Å². The Balaban J connectivity index is 0. The molecule has 0 aromatic heterocycles. The highest BCUT2D eigenvalue weighted by Crippen LogP contribution is 2.17. The van der Waals surface area contributed by atoms with E-state index in [1.54, 1.807) is 0 Å². The number of unbranched alkanes of at least 4 members (excludes halogenated alkanes) is 2. The SMILES string of the molecule is CCCCC(CC)COC(=O)CC(C(=O)OCC(CC)CCCC)S(=O)(=O)O.NCCO. The van der Waals surface area contributed by atoms with E-state index in [1.165, 1.54) is 0 Å². The molecular weight excluding hydrogens is 438 g/mol. The van der Waals surface area contributed by atoms with Crippen LogP contribution in [0.4, 0.5) is 0 Å². The molecule has 9 nitrogen and oxygen atoms in total. The summed E-state index contributed by atoms with van der Waals surface area (Å²) in [6, 6.07) is 0. The van der Waals surface area contributed by atoms with Crippen LogP contribution in [0.3, 0.4) is 0 Å². The maximum absolute atomic E-state index is 12.2. The van der Waals surface area contributed by atoms with Crippen LogP contribution in [-0.2, 0) is 29.2 Å². The molecule has 0 saturated carbocycles. The van der Waals surface area contributed by atoms with E-state index in [2.05, 4.69) is 13.8 Å². The van der Waals surface area contributed by atoms with Crippen molar-refractivity contribution in [3.63, 3.8) is 0 Å². The fourth-order valence-electron chi connectivity index (χ4n) is 2.82. The molecule has 0 heterocycles. The summed E-state index contributed by atoms with van der Waals surface area (Å²) < 4.78 is 42.8. The van der Waals surface area contributed by atoms with Crippen LogP contribution in [0.1, 0.15) is 85.5 Å². The van der Waals surface area contributed by atoms with Crippen molar-refractivity contribution in [2.75, 3.05) is 26.4 Å². The molecule has 0 aromatic carbocycles. The quantitative estimate of drug-likeness (QED) is 0.209. The summed E-state index contributed by atoms with van der Waals surface area (Å²) in [5.41, 5.74) is 4.78. The van der Waals surface area contributed by atoms with Crippen LogP contribution < -0.4 is 5.73 Å². The van der Waals surface area contributed by atoms with Crippen molar-refractivity contribution in [1.29, 1.82) is 0 Å². The van der Waals surface area contributed by atoms with Crippen LogP contribution in [0, 0.1) is 11.8 Å². The molecule has 0 fully saturated rings. The first-order valence-corrected chi connectivity index (χ1v) is 13.2. The zero-order valence-corrected chi connectivity index (χ0v) is 21.1. The lowest BCUT2D eigenvalue weighted by Crippen LogP contribution is -2.35. The number of aliphatic hydroxyl groups excluding tert-OH is 1. The molecule has 0 bridgehead atoms. The molecule has 0 aromatic rings. The first-order valence-electron chi connectivity index (χ1n) is 11.7. The predicted octanol–water partition coefficient (Wildman–Crippen LogP) is 3.09. The van der Waals surface area contributed by atoms with E-state index in [4.69, 9.17) is 20.3 Å². The van der Waals surface area contributed by atoms with Crippen molar-refractivity contribution in [3.8, 4) is 0 Å². The average Bonchev–Trinajstić information content (AvgIpc) is 2.76. The molecule has 4 N–H and O–H groups in total. The van der Waals surface area contributed by atoms with Gasteiger partial charge in [0.15, 0.2) is 5.25 Å². The largest absolute Gasteiger partial charge is 0.465 e. The Morgan fingerprint density at radius 2 is 1.34 bits per heavy atom. The number of esters is 2. The van der Waals surface area contributed by atoms with Gasteiger partial charge in [0.25, 0.3) is 10.1 Å². The zero-order valence-electron chi connectivity index (χ0n) is 20.3. The first-order chi connectivity index (χ1) is 15.1. The molecule has 192 valence electrons. The van der Waals surface area contributed by atoms with Crippen LogP contribution in [0.2, 0.25) is 0 Å². The average molecular weight is 484 g/mol. The van der Waals surface area contributed by atoms with Gasteiger partial charge in [0.05, 0.1) is 26.2 Å². The van der Waals surface area contributed by atoms with Gasteiger partial charge in [0.2, 0.25) is 0 Å². The number of carbonyl (C=O) groups excluding carboxylic acids is 2. The molecule has 0 spiro atoms. The predicted molar refractivity (Wildman–Crippen MR) is 125 cm³/mol. The third-order valence-electron chi connectivity index (χ3n) is 5.13. The zero-order chi connectivity index (χ0) is 25.0. The Labute approximate surface area is 194 Å². The number of carbonyl (C=O) groups is 2. The van der Waals surface area contributed by atoms with Crippen molar-refractivity contribution < 1.29 is 37.1 Å². The Kier molecular flexibility index (Phi) is 21.0. The van der Waals surface area contributed by atoms with Crippen molar-refractivity contribution in [3.05, 3.63) is 0 Å². The first kappa shape index (κ1) is 32.9. The number of hydrogen-bond donors (Lipinski definition) is 3. The van der Waals surface area contributed by atoms with Gasteiger partial charge in [-0.3, -0.25) is 14.1 Å². The van der Waals surface area contributed by atoms with Gasteiger partial charge in [0, 0.05) is 6.54 Å². The Morgan fingerprint density at radius 1 is 0.906 bits per heavy atom. The number of aliphatic hydroxyl groups is 1. The maximum atomic E-state index is 12.2. The Morgan fingerprint density at radius 3 is 1.69 bits per heavy atom. The van der Waals surface area contributed by atoms with E-state index < -0.39 is 33.7 Å². The summed E-state index contributed by atoms with van der Waals surface area (Å²) in [5, 5.41) is 5.80. The Bertz CT molecular complexity index is 580. The molecule has 3 unspecified atom stereocenters. The van der Waals surface area contributed by atoms with Gasteiger partial charge < -0.3 is 20.3 Å². The molecular formula is C22H45NO8S. The van der Waals surface area contributed by atoms with Crippen molar-refractivity contribution in [2.45, 2.75) is 90.7 Å². The fraction of sp³-hybridized carbons (Fsp3) is 0.909. The molecule has 3 atom stereocenters. The van der Waals surface area contributed by atoms with E-state index >= 15 is 0 Å². The molecule has 0 amide bonds. The molecule has 0 saturated heterocycles. The minimum atomic E-state index is -4.76. The highest BCUT2D eigenvalue weighted by atomic mass is 32.2. The second-order valence-corrected chi connectivity index (χ2v) is 9.47. The smallest absolute Gasteiger partial charge is 0.327 e. The second kappa shape index (κ2) is 20.4. The summed E-state index contributed by atoms with van der Waals surface area (Å²) in [6.45, 7) is 8.82. The van der Waals surface area contributed by atoms with Gasteiger partial charge in [-0.25, -0.2) is 0 Å². The summed E-state index contributed by atoms with van der Waals surface area (Å²) in [7, 11) is -4.76. The lowest BCUT2D eigenvalue weighted by atomic mass is 10.0. The molecule has 0 rings (SSSR count). The third-order valence-corrected chi connectivity index (χ3v) is 6.21. The summed E-state index contributed by atoms with van der Waals surface area (Å²) in [6.07, 6.45) is 6.74. The van der Waals surface area contributed by atoms with Gasteiger partial charge in [-0.05, 0) is 24.7 Å². The van der Waals surface area contributed by atoms with Crippen LogP contribution in [0.15, 0.2) is 0 Å². The van der Waals surface area contributed by atoms with Crippen LogP contribution in [0.25, 0.3) is 0 Å². The van der Waals surface area contributed by atoms with Crippen LogP contribution in [0.5, 0.6) is 0 Å². The van der Waals surface area contributed by atoms with E-state index in [0.29, 0.717) is 6.54 Å².